The number of pyridine rings is 1. The maximum atomic E-state index is 12.4. The highest BCUT2D eigenvalue weighted by Crippen LogP contribution is 2.20. The van der Waals surface area contributed by atoms with Crippen LogP contribution in [0, 0.1) is 6.92 Å². The Balaban J connectivity index is 2.35. The Labute approximate surface area is 126 Å². The number of carbonyl (C=O) groups is 1. The first-order valence-corrected chi connectivity index (χ1v) is 7.63. The highest BCUT2D eigenvalue weighted by atomic mass is 32.2. The second-order valence-corrected chi connectivity index (χ2v) is 6.76. The van der Waals surface area contributed by atoms with Crippen LogP contribution in [-0.4, -0.2) is 34.6 Å². The zero-order valence-corrected chi connectivity index (χ0v) is 12.9. The van der Waals surface area contributed by atoms with E-state index >= 15 is 0 Å². The quantitative estimate of drug-likeness (QED) is 0.819. The van der Waals surface area contributed by atoms with Gasteiger partial charge in [0.2, 0.25) is 15.9 Å². The number of hydrogen-bond donors (Lipinski definition) is 2. The Bertz CT molecular complexity index is 812. The molecule has 0 saturated heterocycles. The summed E-state index contributed by atoms with van der Waals surface area (Å²) in [5, 5.41) is 12.6. The lowest BCUT2D eigenvalue weighted by Gasteiger charge is -2.22. The van der Waals surface area contributed by atoms with Crippen molar-refractivity contribution in [1.82, 2.24) is 19.8 Å². The highest BCUT2D eigenvalue weighted by molar-refractivity contribution is 7.89. The van der Waals surface area contributed by atoms with Gasteiger partial charge in [0.15, 0.2) is 5.82 Å². The Kier molecular flexibility index (Phi) is 3.98. The van der Waals surface area contributed by atoms with Crippen LogP contribution in [0.4, 0.5) is 0 Å². The predicted molar refractivity (Wildman–Crippen MR) is 73.6 cm³/mol. The molecule has 0 aliphatic rings. The second-order valence-electron chi connectivity index (χ2n) is 5.08. The van der Waals surface area contributed by atoms with Crippen LogP contribution in [-0.2, 0) is 15.6 Å². The third-order valence-corrected chi connectivity index (χ3v) is 4.37. The lowest BCUT2D eigenvalue weighted by molar-refractivity contribution is 0.0696. The molecule has 9 nitrogen and oxygen atoms in total. The van der Waals surface area contributed by atoms with Crippen molar-refractivity contribution in [2.45, 2.75) is 31.2 Å². The van der Waals surface area contributed by atoms with Crippen molar-refractivity contribution >= 4 is 16.0 Å². The van der Waals surface area contributed by atoms with Crippen molar-refractivity contribution in [2.24, 2.45) is 0 Å². The molecule has 2 aromatic heterocycles. The van der Waals surface area contributed by atoms with E-state index < -0.39 is 21.5 Å². The number of aromatic carboxylic acids is 1. The Morgan fingerprint density at radius 2 is 2.05 bits per heavy atom. The molecule has 2 rings (SSSR count). The maximum Gasteiger partial charge on any atom is 0.337 e. The summed E-state index contributed by atoms with van der Waals surface area (Å²) in [6.07, 6.45) is 2.13. The summed E-state index contributed by atoms with van der Waals surface area (Å²) in [5.74, 6) is -0.801. The van der Waals surface area contributed by atoms with Crippen LogP contribution in [0.25, 0.3) is 0 Å². The Hall–Kier alpha value is -2.33. The number of rotatable bonds is 5. The summed E-state index contributed by atoms with van der Waals surface area (Å²) < 4.78 is 32.0. The average molecular weight is 326 g/mol. The van der Waals surface area contributed by atoms with Crippen LogP contribution in [0.1, 0.15) is 35.9 Å². The molecule has 118 valence electrons. The number of nitrogens with one attached hydrogen (secondary N) is 1. The van der Waals surface area contributed by atoms with Crippen LogP contribution >= 0.6 is 0 Å². The topological polar surface area (TPSA) is 135 Å². The first-order chi connectivity index (χ1) is 10.1. The van der Waals surface area contributed by atoms with Gasteiger partial charge < -0.3 is 9.63 Å². The minimum absolute atomic E-state index is 0.163. The third kappa shape index (κ3) is 3.28. The Morgan fingerprint density at radius 3 is 2.59 bits per heavy atom. The molecule has 2 heterocycles. The molecule has 0 atom stereocenters. The normalized spacial score (nSPS) is 12.3. The van der Waals surface area contributed by atoms with Gasteiger partial charge in [0.25, 0.3) is 0 Å². The largest absolute Gasteiger partial charge is 0.478 e. The van der Waals surface area contributed by atoms with Gasteiger partial charge in [0.1, 0.15) is 4.90 Å². The van der Waals surface area contributed by atoms with Gasteiger partial charge in [-0.25, -0.2) is 13.2 Å². The molecule has 0 amide bonds. The minimum atomic E-state index is -4.01. The van der Waals surface area contributed by atoms with Crippen LogP contribution in [0.2, 0.25) is 0 Å². The van der Waals surface area contributed by atoms with E-state index in [4.69, 9.17) is 9.63 Å². The number of carboxylic acid groups (broad SMARTS) is 1. The van der Waals surface area contributed by atoms with Crippen molar-refractivity contribution in [3.63, 3.8) is 0 Å². The number of nitrogens with zero attached hydrogens (tertiary/aromatic N) is 3. The summed E-state index contributed by atoms with van der Waals surface area (Å²) in [6.45, 7) is 4.70. The van der Waals surface area contributed by atoms with Gasteiger partial charge in [0.05, 0.1) is 11.1 Å². The molecule has 0 bridgehead atoms. The number of aromatic nitrogens is 3. The van der Waals surface area contributed by atoms with Crippen LogP contribution < -0.4 is 4.72 Å². The summed E-state index contributed by atoms with van der Waals surface area (Å²) >= 11 is 0. The van der Waals surface area contributed by atoms with E-state index in [2.05, 4.69) is 19.8 Å². The van der Waals surface area contributed by atoms with Crippen molar-refractivity contribution in [2.75, 3.05) is 0 Å². The van der Waals surface area contributed by atoms with Crippen LogP contribution in [0.15, 0.2) is 27.9 Å². The smallest absolute Gasteiger partial charge is 0.337 e. The van der Waals surface area contributed by atoms with Gasteiger partial charge >= 0.3 is 5.97 Å². The molecule has 0 spiro atoms. The van der Waals surface area contributed by atoms with Gasteiger partial charge in [-0.1, -0.05) is 5.16 Å². The van der Waals surface area contributed by atoms with Crippen molar-refractivity contribution in [3.05, 3.63) is 35.7 Å². The molecular formula is C12H14N4O5S. The molecule has 2 aromatic rings. The van der Waals surface area contributed by atoms with Crippen LogP contribution in [0.5, 0.6) is 0 Å². The Morgan fingerprint density at radius 1 is 1.36 bits per heavy atom. The number of sulfonamides is 1. The lowest BCUT2D eigenvalue weighted by atomic mass is 10.1. The predicted octanol–water partition coefficient (Wildman–Crippen LogP) is 0.685. The van der Waals surface area contributed by atoms with E-state index in [0.29, 0.717) is 5.89 Å². The molecule has 0 saturated carbocycles. The summed E-state index contributed by atoms with van der Waals surface area (Å²) in [4.78, 5) is 18.3. The average Bonchev–Trinajstić information content (AvgIpc) is 2.85. The lowest BCUT2D eigenvalue weighted by Crippen LogP contribution is -2.41. The summed E-state index contributed by atoms with van der Waals surface area (Å²) in [5.41, 5.74) is -1.37. The molecule has 0 aromatic carbocycles. The van der Waals surface area contributed by atoms with Crippen molar-refractivity contribution in [1.29, 1.82) is 0 Å². The highest BCUT2D eigenvalue weighted by Gasteiger charge is 2.32. The number of aryl methyl sites for hydroxylation is 1. The van der Waals surface area contributed by atoms with Gasteiger partial charge in [-0.2, -0.15) is 9.71 Å². The van der Waals surface area contributed by atoms with Gasteiger partial charge in [-0.3, -0.25) is 4.98 Å². The van der Waals surface area contributed by atoms with E-state index in [1.807, 2.05) is 0 Å². The molecule has 0 aliphatic carbocycles. The molecular weight excluding hydrogens is 312 g/mol. The SMILES string of the molecule is Cc1nc(C(C)(C)NS(=O)(=O)c2cncc(C(=O)O)c2)no1. The molecule has 2 N–H and O–H groups in total. The monoisotopic (exact) mass is 326 g/mol. The van der Waals surface area contributed by atoms with E-state index in [9.17, 15) is 13.2 Å². The molecule has 0 aliphatic heterocycles. The standard InChI is InChI=1S/C12H14N4O5S/c1-7-14-11(15-21-7)12(2,3)16-22(19,20)9-4-8(10(17)18)5-13-6-9/h4-6,16H,1-3H3,(H,17,18). The summed E-state index contributed by atoms with van der Waals surface area (Å²) in [6, 6.07) is 1.02. The van der Waals surface area contributed by atoms with Crippen molar-refractivity contribution < 1.29 is 22.8 Å². The van der Waals surface area contributed by atoms with Crippen molar-refractivity contribution in [3.8, 4) is 0 Å². The zero-order chi connectivity index (χ0) is 16.5. The van der Waals surface area contributed by atoms with E-state index in [0.717, 1.165) is 18.5 Å². The summed E-state index contributed by atoms with van der Waals surface area (Å²) in [7, 11) is -4.01. The fourth-order valence-corrected chi connectivity index (χ4v) is 3.04. The molecule has 10 heteroatoms. The zero-order valence-electron chi connectivity index (χ0n) is 12.1. The molecule has 0 radical (unpaired) electrons. The minimum Gasteiger partial charge on any atom is -0.478 e. The van der Waals surface area contributed by atoms with Crippen LogP contribution in [0.3, 0.4) is 0 Å². The van der Waals surface area contributed by atoms with Gasteiger partial charge in [0, 0.05) is 19.3 Å². The second kappa shape index (κ2) is 5.46. The molecule has 0 fully saturated rings. The van der Waals surface area contributed by atoms with Gasteiger partial charge in [-0.15, -0.1) is 0 Å². The molecule has 0 unspecified atom stereocenters. The number of carboxylic acids is 1. The fraction of sp³-hybridized carbons (Fsp3) is 0.333. The maximum absolute atomic E-state index is 12.4. The fourth-order valence-electron chi connectivity index (χ4n) is 1.68. The van der Waals surface area contributed by atoms with E-state index in [1.54, 1.807) is 20.8 Å². The molecule has 22 heavy (non-hydrogen) atoms. The first-order valence-electron chi connectivity index (χ1n) is 6.15. The van der Waals surface area contributed by atoms with Gasteiger partial charge in [-0.05, 0) is 19.9 Å². The van der Waals surface area contributed by atoms with E-state index in [-0.39, 0.29) is 16.3 Å². The third-order valence-electron chi connectivity index (χ3n) is 2.75. The van der Waals surface area contributed by atoms with E-state index in [1.165, 1.54) is 0 Å². The first kappa shape index (κ1) is 16.0. The number of hydrogen-bond acceptors (Lipinski definition) is 7.